The molecule has 3 rings (SSSR count). The van der Waals surface area contributed by atoms with Gasteiger partial charge >= 0.3 is 0 Å². The Hall–Kier alpha value is -1.90. The quantitative estimate of drug-likeness (QED) is 0.696. The molecule has 1 aliphatic heterocycles. The van der Waals surface area contributed by atoms with Crippen LogP contribution in [0.2, 0.25) is 0 Å². The molecule has 0 bridgehead atoms. The monoisotopic (exact) mass is 228 g/mol. The number of fused-ring (bicyclic) bond motifs is 1. The first-order chi connectivity index (χ1) is 8.34. The standard InChI is InChI=1S/C14H13FN2/c15-13-8-3-9-14(16-13)17-10-4-6-11-5-1-2-7-12(11)17/h1-3,5,7-9H,4,6,10H2. The van der Waals surface area contributed by atoms with Crippen molar-refractivity contribution >= 4 is 11.5 Å². The van der Waals surface area contributed by atoms with Crippen molar-refractivity contribution in [3.63, 3.8) is 0 Å². The number of para-hydroxylation sites is 1. The number of halogens is 1. The third-order valence-electron chi connectivity index (χ3n) is 3.09. The molecule has 0 aliphatic carbocycles. The Morgan fingerprint density at radius 3 is 2.82 bits per heavy atom. The zero-order valence-corrected chi connectivity index (χ0v) is 9.44. The Balaban J connectivity index is 2.06. The van der Waals surface area contributed by atoms with E-state index in [0.29, 0.717) is 5.82 Å². The summed E-state index contributed by atoms with van der Waals surface area (Å²) < 4.78 is 13.2. The summed E-state index contributed by atoms with van der Waals surface area (Å²) in [5.41, 5.74) is 2.46. The predicted octanol–water partition coefficient (Wildman–Crippen LogP) is 3.31. The van der Waals surface area contributed by atoms with Crippen LogP contribution in [-0.2, 0) is 6.42 Å². The molecule has 0 unspecified atom stereocenters. The highest BCUT2D eigenvalue weighted by atomic mass is 19.1. The van der Waals surface area contributed by atoms with Crippen LogP contribution in [-0.4, -0.2) is 11.5 Å². The highest BCUT2D eigenvalue weighted by Gasteiger charge is 2.18. The van der Waals surface area contributed by atoms with Crippen molar-refractivity contribution in [1.29, 1.82) is 0 Å². The summed E-state index contributed by atoms with van der Waals surface area (Å²) in [6.07, 6.45) is 2.16. The maximum absolute atomic E-state index is 13.2. The van der Waals surface area contributed by atoms with Gasteiger partial charge in [0.1, 0.15) is 5.82 Å². The van der Waals surface area contributed by atoms with Crippen LogP contribution in [0.25, 0.3) is 0 Å². The second kappa shape index (κ2) is 4.17. The Bertz CT molecular complexity index is 539. The van der Waals surface area contributed by atoms with Gasteiger partial charge in [-0.1, -0.05) is 24.3 Å². The smallest absolute Gasteiger partial charge is 0.214 e. The van der Waals surface area contributed by atoms with Crippen LogP contribution < -0.4 is 4.90 Å². The fraction of sp³-hybridized carbons (Fsp3) is 0.214. The van der Waals surface area contributed by atoms with Gasteiger partial charge in [0.25, 0.3) is 0 Å². The summed E-state index contributed by atoms with van der Waals surface area (Å²) in [4.78, 5) is 6.04. The van der Waals surface area contributed by atoms with Crippen LogP contribution >= 0.6 is 0 Å². The van der Waals surface area contributed by atoms with Crippen molar-refractivity contribution in [3.8, 4) is 0 Å². The van der Waals surface area contributed by atoms with Crippen molar-refractivity contribution in [1.82, 2.24) is 4.98 Å². The molecule has 0 saturated carbocycles. The van der Waals surface area contributed by atoms with E-state index in [-0.39, 0.29) is 0 Å². The van der Waals surface area contributed by atoms with E-state index in [4.69, 9.17) is 0 Å². The molecule has 2 heterocycles. The van der Waals surface area contributed by atoms with Crippen molar-refractivity contribution < 1.29 is 4.39 Å². The van der Waals surface area contributed by atoms with Gasteiger partial charge in [-0.2, -0.15) is 4.39 Å². The van der Waals surface area contributed by atoms with E-state index in [0.717, 1.165) is 25.1 Å². The summed E-state index contributed by atoms with van der Waals surface area (Å²) in [6.45, 7) is 0.896. The lowest BCUT2D eigenvalue weighted by molar-refractivity contribution is 0.582. The zero-order chi connectivity index (χ0) is 11.7. The number of benzene rings is 1. The lowest BCUT2D eigenvalue weighted by Crippen LogP contribution is -2.25. The van der Waals surface area contributed by atoms with Crippen LogP contribution in [0.4, 0.5) is 15.9 Å². The van der Waals surface area contributed by atoms with Gasteiger partial charge in [0.2, 0.25) is 5.95 Å². The molecule has 86 valence electrons. The molecule has 0 spiro atoms. The summed E-state index contributed by atoms with van der Waals surface area (Å²) in [7, 11) is 0. The van der Waals surface area contributed by atoms with Gasteiger partial charge in [-0.15, -0.1) is 0 Å². The minimum atomic E-state index is -0.425. The molecular formula is C14H13FN2. The van der Waals surface area contributed by atoms with Crippen LogP contribution in [0.3, 0.4) is 0 Å². The lowest BCUT2D eigenvalue weighted by Gasteiger charge is -2.30. The Morgan fingerprint density at radius 2 is 1.94 bits per heavy atom. The second-order valence-corrected chi connectivity index (χ2v) is 4.20. The summed E-state index contributed by atoms with van der Waals surface area (Å²) in [6, 6.07) is 13.2. The molecule has 0 amide bonds. The molecule has 0 atom stereocenters. The van der Waals surface area contributed by atoms with Gasteiger partial charge in [-0.3, -0.25) is 0 Å². The first-order valence-corrected chi connectivity index (χ1v) is 5.82. The normalized spacial score (nSPS) is 14.5. The van der Waals surface area contributed by atoms with E-state index in [2.05, 4.69) is 22.0 Å². The number of pyridine rings is 1. The van der Waals surface area contributed by atoms with Gasteiger partial charge in [-0.05, 0) is 36.6 Å². The Labute approximate surface area is 99.7 Å². The van der Waals surface area contributed by atoms with Crippen LogP contribution in [0, 0.1) is 5.95 Å². The third kappa shape index (κ3) is 1.88. The highest BCUT2D eigenvalue weighted by molar-refractivity contribution is 5.65. The van der Waals surface area contributed by atoms with Gasteiger partial charge < -0.3 is 4.90 Å². The number of rotatable bonds is 1. The second-order valence-electron chi connectivity index (χ2n) is 4.20. The van der Waals surface area contributed by atoms with Crippen LogP contribution in [0.15, 0.2) is 42.5 Å². The molecule has 0 N–H and O–H groups in total. The Kier molecular flexibility index (Phi) is 2.52. The van der Waals surface area contributed by atoms with E-state index in [9.17, 15) is 4.39 Å². The summed E-state index contributed by atoms with van der Waals surface area (Å²) >= 11 is 0. The lowest BCUT2D eigenvalue weighted by atomic mass is 10.0. The maximum atomic E-state index is 13.2. The number of anilines is 2. The third-order valence-corrected chi connectivity index (χ3v) is 3.09. The van der Waals surface area contributed by atoms with E-state index in [1.54, 1.807) is 6.07 Å². The molecule has 3 heteroatoms. The maximum Gasteiger partial charge on any atom is 0.214 e. The average Bonchev–Trinajstić information content (AvgIpc) is 2.38. The van der Waals surface area contributed by atoms with Gasteiger partial charge in [0.05, 0.1) is 0 Å². The molecule has 2 nitrogen and oxygen atoms in total. The van der Waals surface area contributed by atoms with Gasteiger partial charge in [0.15, 0.2) is 0 Å². The molecule has 1 aromatic carbocycles. The van der Waals surface area contributed by atoms with E-state index in [1.807, 2.05) is 18.2 Å². The van der Waals surface area contributed by atoms with Gasteiger partial charge in [0, 0.05) is 12.2 Å². The molecule has 2 aromatic rings. The topological polar surface area (TPSA) is 16.1 Å². The number of nitrogens with zero attached hydrogens (tertiary/aromatic N) is 2. The predicted molar refractivity (Wildman–Crippen MR) is 66.0 cm³/mol. The Morgan fingerprint density at radius 1 is 1.06 bits per heavy atom. The number of hydrogen-bond acceptors (Lipinski definition) is 2. The largest absolute Gasteiger partial charge is 0.326 e. The van der Waals surface area contributed by atoms with Gasteiger partial charge in [-0.25, -0.2) is 4.98 Å². The molecule has 0 saturated heterocycles. The fourth-order valence-corrected chi connectivity index (χ4v) is 2.32. The minimum Gasteiger partial charge on any atom is -0.326 e. The van der Waals surface area contributed by atoms with Crippen molar-refractivity contribution in [2.24, 2.45) is 0 Å². The average molecular weight is 228 g/mol. The number of aromatic nitrogens is 1. The zero-order valence-electron chi connectivity index (χ0n) is 9.44. The van der Waals surface area contributed by atoms with E-state index < -0.39 is 5.95 Å². The molecule has 17 heavy (non-hydrogen) atoms. The van der Waals surface area contributed by atoms with E-state index >= 15 is 0 Å². The first-order valence-electron chi connectivity index (χ1n) is 5.82. The molecule has 1 aromatic heterocycles. The SMILES string of the molecule is Fc1cccc(N2CCCc3ccccc32)n1. The summed E-state index contributed by atoms with van der Waals surface area (Å²) in [5, 5.41) is 0. The molecule has 0 fully saturated rings. The fourth-order valence-electron chi connectivity index (χ4n) is 2.32. The van der Waals surface area contributed by atoms with Crippen molar-refractivity contribution in [2.45, 2.75) is 12.8 Å². The number of hydrogen-bond donors (Lipinski definition) is 0. The summed E-state index contributed by atoms with van der Waals surface area (Å²) in [5.74, 6) is 0.266. The van der Waals surface area contributed by atoms with Crippen molar-refractivity contribution in [2.75, 3.05) is 11.4 Å². The highest BCUT2D eigenvalue weighted by Crippen LogP contribution is 2.31. The minimum absolute atomic E-state index is 0.425. The molecule has 0 radical (unpaired) electrons. The van der Waals surface area contributed by atoms with E-state index in [1.165, 1.54) is 11.6 Å². The number of aryl methyl sites for hydroxylation is 1. The first kappa shape index (κ1) is 10.3. The van der Waals surface area contributed by atoms with Crippen LogP contribution in [0.1, 0.15) is 12.0 Å². The van der Waals surface area contributed by atoms with Crippen molar-refractivity contribution in [3.05, 3.63) is 54.0 Å². The molecular weight excluding hydrogens is 215 g/mol. The van der Waals surface area contributed by atoms with Crippen LogP contribution in [0.5, 0.6) is 0 Å². The molecule has 1 aliphatic rings.